The van der Waals surface area contributed by atoms with Gasteiger partial charge in [0.05, 0.1) is 54.1 Å². The highest BCUT2D eigenvalue weighted by atomic mass is 32.2. The minimum atomic E-state index is -4.58. The number of rotatable bonds is 22. The summed E-state index contributed by atoms with van der Waals surface area (Å²) in [6.45, 7) is 10.3. The molecule has 0 atom stereocenters. The molecule has 384 valence electrons. The van der Waals surface area contributed by atoms with Crippen molar-refractivity contribution in [3.8, 4) is 11.5 Å². The molecule has 22 nitrogen and oxygen atoms in total. The second kappa shape index (κ2) is 22.8. The number of azo groups is 2. The molecule has 0 bridgehead atoms. The first kappa shape index (κ1) is 53.7. The van der Waals surface area contributed by atoms with Gasteiger partial charge in [-0.1, -0.05) is 60.3 Å². The van der Waals surface area contributed by atoms with E-state index in [0.29, 0.717) is 71.2 Å². The molecule has 0 aliphatic carbocycles. The number of thioether (sulfide) groups is 1. The Morgan fingerprint density at radius 2 is 0.918 bits per heavy atom. The predicted molar refractivity (Wildman–Crippen MR) is 283 cm³/mol. The van der Waals surface area contributed by atoms with Gasteiger partial charge in [-0.15, -0.1) is 20.5 Å². The highest BCUT2D eigenvalue weighted by molar-refractivity contribution is 8.00. The molecule has 7 rings (SSSR count). The van der Waals surface area contributed by atoms with Crippen LogP contribution < -0.4 is 29.9 Å². The zero-order valence-corrected chi connectivity index (χ0v) is 43.5. The van der Waals surface area contributed by atoms with Gasteiger partial charge in [-0.25, -0.2) is 0 Å². The molecule has 0 aliphatic rings. The highest BCUT2D eigenvalue weighted by Gasteiger charge is 2.22. The fraction of sp³-hybridized carbons (Fsp3) is 0.255. The van der Waals surface area contributed by atoms with Crippen LogP contribution in [0.4, 0.5) is 57.4 Å². The molecule has 0 amide bonds. The number of nitrogens with zero attached hydrogens (tertiary/aromatic N) is 9. The molecule has 1 heterocycles. The summed E-state index contributed by atoms with van der Waals surface area (Å²) in [7, 11) is -10.5. The molecule has 5 N–H and O–H groups in total. The zero-order chi connectivity index (χ0) is 52.7. The van der Waals surface area contributed by atoms with Gasteiger partial charge in [0.25, 0.3) is 30.4 Å². The lowest BCUT2D eigenvalue weighted by Crippen LogP contribution is -2.22. The summed E-state index contributed by atoms with van der Waals surface area (Å²) >= 11 is 0.928. The SMILES string of the molecule is CCN(CC)c1cc(Nc2nc(Nc3cc(N(CC)CC)c(OC)cc3N=Nc3ccc(S(=O)(=O)O)c4ccccc34)nc(SCCS(=O)(=O)O)n2)c(N=Nc2ccc(S(=O)(=O)O)c3ccccc23)cc1OC. The Morgan fingerprint density at radius 1 is 0.534 bits per heavy atom. The first-order valence-electron chi connectivity index (χ1n) is 22.4. The smallest absolute Gasteiger partial charge is 0.295 e. The normalized spacial score (nSPS) is 12.2. The van der Waals surface area contributed by atoms with E-state index >= 15 is 0 Å². The van der Waals surface area contributed by atoms with Crippen molar-refractivity contribution in [3.63, 3.8) is 0 Å². The number of aromatic nitrogens is 3. The van der Waals surface area contributed by atoms with Crippen LogP contribution >= 0.6 is 11.8 Å². The lowest BCUT2D eigenvalue weighted by atomic mass is 10.1. The van der Waals surface area contributed by atoms with Crippen molar-refractivity contribution in [1.82, 2.24) is 15.0 Å². The number of hydrogen-bond donors (Lipinski definition) is 5. The summed E-state index contributed by atoms with van der Waals surface area (Å²) < 4.78 is 114. The van der Waals surface area contributed by atoms with E-state index in [2.05, 4.69) is 41.1 Å². The summed E-state index contributed by atoms with van der Waals surface area (Å²) in [6, 6.07) is 25.2. The Balaban J connectivity index is 1.38. The van der Waals surface area contributed by atoms with Crippen LogP contribution in [-0.2, 0) is 30.4 Å². The molecule has 26 heteroatoms. The van der Waals surface area contributed by atoms with Gasteiger partial charge < -0.3 is 29.9 Å². The van der Waals surface area contributed by atoms with Gasteiger partial charge in [-0.2, -0.15) is 40.2 Å². The van der Waals surface area contributed by atoms with Crippen molar-refractivity contribution in [2.45, 2.75) is 42.6 Å². The summed E-state index contributed by atoms with van der Waals surface area (Å²) in [5.41, 5.74) is 3.01. The Bertz CT molecular complexity index is 3380. The summed E-state index contributed by atoms with van der Waals surface area (Å²) in [5, 5.41) is 26.0. The van der Waals surface area contributed by atoms with Gasteiger partial charge >= 0.3 is 0 Å². The van der Waals surface area contributed by atoms with Crippen LogP contribution in [0, 0.1) is 0 Å². The first-order chi connectivity index (χ1) is 34.8. The Hall–Kier alpha value is -7.07. The van der Waals surface area contributed by atoms with Crippen LogP contribution in [0.2, 0.25) is 0 Å². The lowest BCUT2D eigenvalue weighted by Gasteiger charge is -2.25. The minimum Gasteiger partial charge on any atom is -0.494 e. The zero-order valence-electron chi connectivity index (χ0n) is 40.2. The van der Waals surface area contributed by atoms with E-state index < -0.39 is 36.1 Å². The molecular formula is C47H51N11O11S4. The second-order valence-electron chi connectivity index (χ2n) is 15.7. The van der Waals surface area contributed by atoms with Gasteiger partial charge in [0.1, 0.15) is 32.7 Å². The van der Waals surface area contributed by atoms with E-state index in [0.717, 1.165) is 11.8 Å². The molecule has 0 fully saturated rings. The van der Waals surface area contributed by atoms with Gasteiger partial charge in [0, 0.05) is 65.6 Å². The third-order valence-electron chi connectivity index (χ3n) is 11.3. The van der Waals surface area contributed by atoms with E-state index in [4.69, 9.17) is 14.5 Å². The van der Waals surface area contributed by atoms with Crippen LogP contribution in [0.25, 0.3) is 21.5 Å². The molecule has 0 radical (unpaired) electrons. The second-order valence-corrected chi connectivity index (χ2v) is 21.1. The number of hydrogen-bond acceptors (Lipinski definition) is 20. The third kappa shape index (κ3) is 12.8. The Morgan fingerprint density at radius 3 is 1.27 bits per heavy atom. The van der Waals surface area contributed by atoms with Gasteiger partial charge in [0.2, 0.25) is 11.9 Å². The number of benzene rings is 6. The third-order valence-corrected chi connectivity index (χ3v) is 14.9. The molecule has 0 unspecified atom stereocenters. The maximum atomic E-state index is 12.3. The summed E-state index contributed by atoms with van der Waals surface area (Å²) in [4.78, 5) is 17.5. The van der Waals surface area contributed by atoms with Gasteiger partial charge in [0.15, 0.2) is 5.16 Å². The Kier molecular flexibility index (Phi) is 16.8. The van der Waals surface area contributed by atoms with Crippen LogP contribution in [0.15, 0.2) is 132 Å². The largest absolute Gasteiger partial charge is 0.494 e. The molecule has 0 saturated carbocycles. The van der Waals surface area contributed by atoms with Crippen molar-refractivity contribution in [2.75, 3.05) is 72.3 Å². The van der Waals surface area contributed by atoms with E-state index in [-0.39, 0.29) is 66.1 Å². The maximum absolute atomic E-state index is 12.3. The monoisotopic (exact) mass is 1070 g/mol. The fourth-order valence-electron chi connectivity index (χ4n) is 7.79. The minimum absolute atomic E-state index is 0.0424. The number of fused-ring (bicyclic) bond motifs is 2. The number of anilines is 6. The molecule has 1 aromatic heterocycles. The van der Waals surface area contributed by atoms with Crippen LogP contribution in [0.3, 0.4) is 0 Å². The van der Waals surface area contributed by atoms with Crippen molar-refractivity contribution < 1.29 is 48.4 Å². The van der Waals surface area contributed by atoms with E-state index in [1.807, 2.05) is 37.5 Å². The van der Waals surface area contributed by atoms with Crippen LogP contribution in [0.5, 0.6) is 11.5 Å². The van der Waals surface area contributed by atoms with Crippen molar-refractivity contribution in [3.05, 3.63) is 97.1 Å². The van der Waals surface area contributed by atoms with E-state index in [9.17, 15) is 38.9 Å². The molecule has 6 aromatic carbocycles. The van der Waals surface area contributed by atoms with Gasteiger partial charge in [-0.3, -0.25) is 13.7 Å². The maximum Gasteiger partial charge on any atom is 0.295 e. The molecule has 0 spiro atoms. The molecule has 0 saturated heterocycles. The average Bonchev–Trinajstić information content (AvgIpc) is 3.35. The molecular weight excluding hydrogens is 1020 g/mol. The Labute approximate surface area is 426 Å². The van der Waals surface area contributed by atoms with Crippen molar-refractivity contribution in [1.29, 1.82) is 0 Å². The van der Waals surface area contributed by atoms with Crippen LogP contribution in [-0.4, -0.2) is 106 Å². The lowest BCUT2D eigenvalue weighted by molar-refractivity contribution is 0.414. The fourth-order valence-corrected chi connectivity index (χ4v) is 10.8. The highest BCUT2D eigenvalue weighted by Crippen LogP contribution is 2.44. The predicted octanol–water partition coefficient (Wildman–Crippen LogP) is 10.7. The first-order valence-corrected chi connectivity index (χ1v) is 27.9. The van der Waals surface area contributed by atoms with E-state index in [1.54, 1.807) is 72.8 Å². The van der Waals surface area contributed by atoms with Crippen LogP contribution in [0.1, 0.15) is 27.7 Å². The molecule has 7 aromatic rings. The number of ether oxygens (including phenoxy) is 2. The topological polar surface area (TPSA) is 300 Å². The molecule has 0 aliphatic heterocycles. The molecule has 73 heavy (non-hydrogen) atoms. The van der Waals surface area contributed by atoms with E-state index in [1.165, 1.54) is 38.5 Å². The van der Waals surface area contributed by atoms with Crippen molar-refractivity contribution in [2.24, 2.45) is 20.5 Å². The number of nitrogens with one attached hydrogen (secondary N) is 2. The van der Waals surface area contributed by atoms with Crippen molar-refractivity contribution >= 4 is 121 Å². The average molecular weight is 1070 g/mol. The standard InChI is InChI=1S/C47H51N11O11S4/c1-7-57(8-2)39-25-35(37(27-41(39)68-5)55-53-33-19-21-43(72(62,63)64)31-17-13-11-15-29(31)33)48-45-50-46(52-47(51-45)70-23-24-71(59,60)61)49-36-26-40(58(9-3)10-4)42(69-6)28-38(36)56-54-34-20-22-44(73(65,66)67)32-18-14-12-16-30(32)34/h11-22,25-28H,7-10,23-24H2,1-6H3,(H,59,60,61)(H,62,63,64)(H,65,66,67)(H2,48,49,50,51,52). The van der Waals surface area contributed by atoms with Gasteiger partial charge in [-0.05, 0) is 64.1 Å². The number of methoxy groups -OCH3 is 2. The summed E-state index contributed by atoms with van der Waals surface area (Å²) in [6.07, 6.45) is 0. The quantitative estimate of drug-likeness (QED) is 0.0239. The summed E-state index contributed by atoms with van der Waals surface area (Å²) in [5.74, 6) is 0.0457.